The lowest BCUT2D eigenvalue weighted by Gasteiger charge is -2.13. The van der Waals surface area contributed by atoms with Gasteiger partial charge >= 0.3 is 0 Å². The molecule has 0 aliphatic rings. The number of rotatable bonds is 5. The minimum Gasteiger partial charge on any atom is -0.343 e. The molecule has 10 heteroatoms. The summed E-state index contributed by atoms with van der Waals surface area (Å²) in [5.41, 5.74) is 2.93. The van der Waals surface area contributed by atoms with Crippen LogP contribution in [0.5, 0.6) is 0 Å². The number of nitrogens with zero attached hydrogens (tertiary/aromatic N) is 6. The van der Waals surface area contributed by atoms with E-state index in [1.807, 2.05) is 36.7 Å². The predicted octanol–water partition coefficient (Wildman–Crippen LogP) is 4.76. The zero-order valence-corrected chi connectivity index (χ0v) is 17.2. The van der Waals surface area contributed by atoms with E-state index in [9.17, 15) is 0 Å². The van der Waals surface area contributed by atoms with Gasteiger partial charge in [-0.1, -0.05) is 69.9 Å². The van der Waals surface area contributed by atoms with E-state index in [1.54, 1.807) is 12.1 Å². The lowest BCUT2D eigenvalue weighted by atomic mass is 10.1. The normalized spacial score (nSPS) is 12.3. The molecule has 0 aliphatic carbocycles. The summed E-state index contributed by atoms with van der Waals surface area (Å²) < 4.78 is 6.83. The minimum atomic E-state index is -0.195. The molecule has 0 spiro atoms. The maximum absolute atomic E-state index is 6.02. The molecular formula is C18H14Cl2N6OS. The highest BCUT2D eigenvalue weighted by molar-refractivity contribution is 7.99. The Hall–Kier alpha value is -2.42. The highest BCUT2D eigenvalue weighted by atomic mass is 35.5. The Morgan fingerprint density at radius 2 is 1.89 bits per heavy atom. The van der Waals surface area contributed by atoms with Gasteiger partial charge in [0.15, 0.2) is 16.8 Å². The number of hydrogen-bond donors (Lipinski definition) is 0. The first kappa shape index (κ1) is 18.9. The maximum Gasteiger partial charge on any atom is 0.213 e. The van der Waals surface area contributed by atoms with E-state index in [1.165, 1.54) is 18.2 Å². The number of benzene rings is 1. The highest BCUT2D eigenvalue weighted by Gasteiger charge is 2.24. The van der Waals surface area contributed by atoms with Crippen LogP contribution >= 0.6 is 35.0 Å². The number of aryl methyl sites for hydroxylation is 1. The van der Waals surface area contributed by atoms with E-state index in [0.29, 0.717) is 27.1 Å². The third-order valence-electron chi connectivity index (χ3n) is 4.04. The van der Waals surface area contributed by atoms with Crippen molar-refractivity contribution in [3.8, 4) is 11.4 Å². The molecule has 1 atom stereocenters. The molecule has 4 aromatic rings. The Balaban J connectivity index is 1.71. The first-order chi connectivity index (χ1) is 13.5. The summed E-state index contributed by atoms with van der Waals surface area (Å²) in [6.07, 6.45) is 1.32. The first-order valence-electron chi connectivity index (χ1n) is 8.23. The smallest absolute Gasteiger partial charge is 0.213 e. The molecular weight excluding hydrogens is 419 g/mol. The van der Waals surface area contributed by atoms with Gasteiger partial charge in [0.25, 0.3) is 0 Å². The van der Waals surface area contributed by atoms with Crippen LogP contribution in [0.2, 0.25) is 10.3 Å². The second-order valence-electron chi connectivity index (χ2n) is 6.07. The Bertz CT molecular complexity index is 1090. The van der Waals surface area contributed by atoms with Crippen LogP contribution in [0.1, 0.15) is 22.2 Å². The summed E-state index contributed by atoms with van der Waals surface area (Å²) in [5, 5.41) is 13.7. The average Bonchev–Trinajstić information content (AvgIpc) is 3.29. The second kappa shape index (κ2) is 7.90. The predicted molar refractivity (Wildman–Crippen MR) is 107 cm³/mol. The van der Waals surface area contributed by atoms with Crippen molar-refractivity contribution in [1.29, 1.82) is 0 Å². The van der Waals surface area contributed by atoms with Gasteiger partial charge in [-0.05, 0) is 24.6 Å². The number of hydrogen-bond acceptors (Lipinski definition) is 7. The molecule has 0 saturated heterocycles. The highest BCUT2D eigenvalue weighted by Crippen LogP contribution is 2.39. The Labute approximate surface area is 175 Å². The van der Waals surface area contributed by atoms with Crippen molar-refractivity contribution in [2.24, 2.45) is 7.05 Å². The summed E-state index contributed by atoms with van der Waals surface area (Å²) >= 11 is 13.5. The first-order valence-corrected chi connectivity index (χ1v) is 9.87. The lowest BCUT2D eigenvalue weighted by Crippen LogP contribution is -2.03. The van der Waals surface area contributed by atoms with E-state index in [4.69, 9.17) is 27.7 Å². The van der Waals surface area contributed by atoms with Crippen molar-refractivity contribution < 1.29 is 4.52 Å². The van der Waals surface area contributed by atoms with Crippen molar-refractivity contribution >= 4 is 35.0 Å². The van der Waals surface area contributed by atoms with Crippen LogP contribution in [-0.2, 0) is 7.05 Å². The molecule has 0 aliphatic heterocycles. The summed E-state index contributed by atoms with van der Waals surface area (Å²) in [6.45, 7) is 2.04. The van der Waals surface area contributed by atoms with Crippen molar-refractivity contribution in [2.45, 2.75) is 17.3 Å². The van der Waals surface area contributed by atoms with Gasteiger partial charge in [-0.25, -0.2) is 4.98 Å². The molecule has 4 rings (SSSR count). The fourth-order valence-corrected chi connectivity index (χ4v) is 4.26. The van der Waals surface area contributed by atoms with Crippen molar-refractivity contribution in [2.75, 3.05) is 0 Å². The number of thioether (sulfide) groups is 1. The van der Waals surface area contributed by atoms with E-state index < -0.39 is 0 Å². The standard InChI is InChI=1S/C18H14Cl2N6OS/c1-10-4-3-5-11(6-10)15(16-21-9-27-25-16)28-18-24-23-17(26(18)2)12-7-13(19)22-14(20)8-12/h3-9,15H,1-2H3. The molecule has 7 nitrogen and oxygen atoms in total. The number of pyridine rings is 1. The average molecular weight is 433 g/mol. The van der Waals surface area contributed by atoms with E-state index in [2.05, 4.69) is 31.4 Å². The molecule has 1 unspecified atom stereocenters. The summed E-state index contributed by atoms with van der Waals surface area (Å²) in [5.74, 6) is 1.19. The van der Waals surface area contributed by atoms with Gasteiger partial charge in [0.2, 0.25) is 6.39 Å². The summed E-state index contributed by atoms with van der Waals surface area (Å²) in [7, 11) is 1.88. The number of aromatic nitrogens is 6. The fraction of sp³-hybridized carbons (Fsp3) is 0.167. The molecule has 0 saturated carbocycles. The largest absolute Gasteiger partial charge is 0.343 e. The van der Waals surface area contributed by atoms with E-state index in [-0.39, 0.29) is 5.25 Å². The zero-order valence-electron chi connectivity index (χ0n) is 14.9. The Kier molecular flexibility index (Phi) is 5.34. The third-order valence-corrected chi connectivity index (χ3v) is 5.71. The Morgan fingerprint density at radius 3 is 2.57 bits per heavy atom. The van der Waals surface area contributed by atoms with Gasteiger partial charge in [0.1, 0.15) is 15.6 Å². The van der Waals surface area contributed by atoms with Gasteiger partial charge in [0.05, 0.1) is 0 Å². The Morgan fingerprint density at radius 1 is 1.11 bits per heavy atom. The molecule has 0 bridgehead atoms. The summed E-state index contributed by atoms with van der Waals surface area (Å²) in [6, 6.07) is 11.6. The molecule has 0 fully saturated rings. The molecule has 3 aromatic heterocycles. The lowest BCUT2D eigenvalue weighted by molar-refractivity contribution is 0.411. The van der Waals surface area contributed by atoms with Crippen molar-refractivity contribution in [3.05, 3.63) is 70.0 Å². The third kappa shape index (κ3) is 3.89. The van der Waals surface area contributed by atoms with E-state index in [0.717, 1.165) is 16.7 Å². The van der Waals surface area contributed by atoms with Crippen LogP contribution in [0.3, 0.4) is 0 Å². The van der Waals surface area contributed by atoms with Crippen LogP contribution in [0.25, 0.3) is 11.4 Å². The quantitative estimate of drug-likeness (QED) is 0.332. The van der Waals surface area contributed by atoms with Gasteiger partial charge in [-0.15, -0.1) is 10.2 Å². The number of halogens is 2. The second-order valence-corrected chi connectivity index (χ2v) is 7.91. The minimum absolute atomic E-state index is 0.195. The SMILES string of the molecule is Cc1cccc(C(Sc2nnc(-c3cc(Cl)nc(Cl)c3)n2C)c2ncon2)c1. The molecule has 0 amide bonds. The van der Waals surface area contributed by atoms with Gasteiger partial charge < -0.3 is 9.09 Å². The maximum atomic E-state index is 6.02. The molecule has 1 aromatic carbocycles. The van der Waals surface area contributed by atoms with Gasteiger partial charge in [0, 0.05) is 12.6 Å². The van der Waals surface area contributed by atoms with Crippen LogP contribution in [0.4, 0.5) is 0 Å². The topological polar surface area (TPSA) is 82.5 Å². The molecule has 142 valence electrons. The molecule has 28 heavy (non-hydrogen) atoms. The van der Waals surface area contributed by atoms with E-state index >= 15 is 0 Å². The monoisotopic (exact) mass is 432 g/mol. The van der Waals surface area contributed by atoms with Gasteiger partial charge in [-0.3, -0.25) is 0 Å². The zero-order chi connectivity index (χ0) is 19.7. The van der Waals surface area contributed by atoms with Crippen LogP contribution in [0, 0.1) is 6.92 Å². The summed E-state index contributed by atoms with van der Waals surface area (Å²) in [4.78, 5) is 8.20. The van der Waals surface area contributed by atoms with Crippen LogP contribution < -0.4 is 0 Å². The molecule has 0 radical (unpaired) electrons. The van der Waals surface area contributed by atoms with Crippen LogP contribution in [-0.4, -0.2) is 29.9 Å². The van der Waals surface area contributed by atoms with Gasteiger partial charge in [-0.2, -0.15) is 4.98 Å². The van der Waals surface area contributed by atoms with Crippen LogP contribution in [0.15, 0.2) is 52.5 Å². The molecule has 0 N–H and O–H groups in total. The van der Waals surface area contributed by atoms with Crippen molar-refractivity contribution in [3.63, 3.8) is 0 Å². The molecule has 3 heterocycles. The van der Waals surface area contributed by atoms with Crippen molar-refractivity contribution in [1.82, 2.24) is 29.9 Å². The fourth-order valence-electron chi connectivity index (χ4n) is 2.77.